The van der Waals surface area contributed by atoms with Gasteiger partial charge in [-0.15, -0.1) is 0 Å². The summed E-state index contributed by atoms with van der Waals surface area (Å²) in [4.78, 5) is 22.7. The number of non-ortho nitro benzene ring substituents is 1. The number of Topliss-reactive ketones (excluding diaryl/α,β-unsaturated/α-hetero) is 1. The topological polar surface area (TPSA) is 110 Å². The van der Waals surface area contributed by atoms with Crippen LogP contribution in [0.3, 0.4) is 0 Å². The smallest absolute Gasteiger partial charge is 0.269 e. The fourth-order valence-electron chi connectivity index (χ4n) is 3.63. The van der Waals surface area contributed by atoms with Crippen LogP contribution in [0.4, 0.5) is 11.4 Å². The minimum Gasteiger partial charge on any atom is -0.378 e. The fraction of sp³-hybridized carbons (Fsp3) is 0.381. The van der Waals surface area contributed by atoms with Crippen molar-refractivity contribution in [1.29, 1.82) is 0 Å². The van der Waals surface area contributed by atoms with Gasteiger partial charge in [-0.25, -0.2) is 8.42 Å². The van der Waals surface area contributed by atoms with Gasteiger partial charge in [0, 0.05) is 36.0 Å². The highest BCUT2D eigenvalue weighted by Gasteiger charge is 2.32. The Hall–Kier alpha value is -2.78. The standard InChI is InChI=1S/C21H25N3O5S/c1-2-18-5-3-4-14-23(18)30(28,29)20-12-8-17(9-13-20)22-15-21(25)16-6-10-19(11-7-16)24(26)27/h6-13,18,22H,2-5,14-15H2,1H3. The van der Waals surface area contributed by atoms with Gasteiger partial charge < -0.3 is 5.32 Å². The summed E-state index contributed by atoms with van der Waals surface area (Å²) < 4.78 is 27.6. The first kappa shape index (κ1) is 21.9. The van der Waals surface area contributed by atoms with E-state index in [1.165, 1.54) is 24.3 Å². The number of nitro groups is 1. The highest BCUT2D eigenvalue weighted by atomic mass is 32.2. The summed E-state index contributed by atoms with van der Waals surface area (Å²) in [5.74, 6) is -0.222. The van der Waals surface area contributed by atoms with Crippen LogP contribution in [0.5, 0.6) is 0 Å². The normalized spacial score (nSPS) is 17.4. The zero-order valence-electron chi connectivity index (χ0n) is 16.8. The molecule has 0 radical (unpaired) electrons. The molecule has 1 aliphatic heterocycles. The molecule has 2 aromatic carbocycles. The van der Waals surface area contributed by atoms with E-state index in [9.17, 15) is 23.3 Å². The molecule has 0 aromatic heterocycles. The number of hydrogen-bond donors (Lipinski definition) is 1. The first-order chi connectivity index (χ1) is 14.3. The summed E-state index contributed by atoms with van der Waals surface area (Å²) in [6.07, 6.45) is 3.61. The van der Waals surface area contributed by atoms with Crippen LogP contribution in [-0.4, -0.2) is 42.6 Å². The highest BCUT2D eigenvalue weighted by Crippen LogP contribution is 2.27. The van der Waals surface area contributed by atoms with Crippen LogP contribution in [0.2, 0.25) is 0 Å². The van der Waals surface area contributed by atoms with Gasteiger partial charge in [0.15, 0.2) is 5.78 Å². The average molecular weight is 432 g/mol. The molecule has 0 amide bonds. The molecule has 1 N–H and O–H groups in total. The molecule has 0 aliphatic carbocycles. The number of piperidine rings is 1. The van der Waals surface area contributed by atoms with Crippen molar-refractivity contribution in [2.24, 2.45) is 0 Å². The van der Waals surface area contributed by atoms with Crippen molar-refractivity contribution in [1.82, 2.24) is 4.31 Å². The van der Waals surface area contributed by atoms with E-state index in [0.29, 0.717) is 17.8 Å². The number of carbonyl (C=O) groups excluding carboxylic acids is 1. The number of nitro benzene ring substituents is 1. The third kappa shape index (κ3) is 4.85. The van der Waals surface area contributed by atoms with E-state index in [-0.39, 0.29) is 29.0 Å². The Bertz CT molecular complexity index is 1000. The molecular formula is C21H25N3O5S. The maximum Gasteiger partial charge on any atom is 0.269 e. The Morgan fingerprint density at radius 3 is 2.40 bits per heavy atom. The van der Waals surface area contributed by atoms with Crippen LogP contribution in [-0.2, 0) is 10.0 Å². The van der Waals surface area contributed by atoms with Gasteiger partial charge in [0.25, 0.3) is 5.69 Å². The Labute approximate surface area is 176 Å². The van der Waals surface area contributed by atoms with E-state index in [1.807, 2.05) is 6.92 Å². The summed E-state index contributed by atoms with van der Waals surface area (Å²) in [5.41, 5.74) is 0.910. The molecule has 1 heterocycles. The Balaban J connectivity index is 1.64. The van der Waals surface area contributed by atoms with Gasteiger partial charge in [0.05, 0.1) is 16.4 Å². The number of nitrogens with one attached hydrogen (secondary N) is 1. The van der Waals surface area contributed by atoms with Crippen LogP contribution < -0.4 is 5.32 Å². The minimum absolute atomic E-state index is 0.00601. The van der Waals surface area contributed by atoms with Gasteiger partial charge in [0.1, 0.15) is 0 Å². The monoisotopic (exact) mass is 431 g/mol. The number of hydrogen-bond acceptors (Lipinski definition) is 6. The lowest BCUT2D eigenvalue weighted by Gasteiger charge is -2.34. The molecule has 1 unspecified atom stereocenters. The third-order valence-corrected chi connectivity index (χ3v) is 7.32. The summed E-state index contributed by atoms with van der Waals surface area (Å²) >= 11 is 0. The fourth-order valence-corrected chi connectivity index (χ4v) is 5.40. The zero-order valence-corrected chi connectivity index (χ0v) is 17.6. The largest absolute Gasteiger partial charge is 0.378 e. The lowest BCUT2D eigenvalue weighted by molar-refractivity contribution is -0.384. The Morgan fingerprint density at radius 1 is 1.13 bits per heavy atom. The Kier molecular flexibility index (Phi) is 6.84. The molecule has 0 bridgehead atoms. The molecule has 160 valence electrons. The van der Waals surface area contributed by atoms with Crippen molar-refractivity contribution < 1.29 is 18.1 Å². The number of ketones is 1. The van der Waals surface area contributed by atoms with E-state index in [0.717, 1.165) is 25.7 Å². The molecule has 1 saturated heterocycles. The molecule has 2 aromatic rings. The lowest BCUT2D eigenvalue weighted by Crippen LogP contribution is -2.43. The molecule has 9 heteroatoms. The Morgan fingerprint density at radius 2 is 1.80 bits per heavy atom. The first-order valence-corrected chi connectivity index (χ1v) is 11.4. The van der Waals surface area contributed by atoms with Gasteiger partial charge >= 0.3 is 0 Å². The average Bonchev–Trinajstić information content (AvgIpc) is 2.77. The second kappa shape index (κ2) is 9.36. The molecule has 0 saturated carbocycles. The predicted octanol–water partition coefficient (Wildman–Crippen LogP) is 3.84. The highest BCUT2D eigenvalue weighted by molar-refractivity contribution is 7.89. The predicted molar refractivity (Wildman–Crippen MR) is 114 cm³/mol. The summed E-state index contributed by atoms with van der Waals surface area (Å²) in [6.45, 7) is 2.55. The first-order valence-electron chi connectivity index (χ1n) is 9.96. The number of carbonyl (C=O) groups is 1. The van der Waals surface area contributed by atoms with E-state index in [1.54, 1.807) is 28.6 Å². The lowest BCUT2D eigenvalue weighted by atomic mass is 10.0. The van der Waals surface area contributed by atoms with E-state index in [4.69, 9.17) is 0 Å². The second-order valence-corrected chi connectivity index (χ2v) is 9.17. The van der Waals surface area contributed by atoms with Gasteiger partial charge in [-0.1, -0.05) is 13.3 Å². The summed E-state index contributed by atoms with van der Waals surface area (Å²) in [6, 6.07) is 11.8. The number of sulfonamides is 1. The second-order valence-electron chi connectivity index (χ2n) is 7.28. The molecular weight excluding hydrogens is 406 g/mol. The van der Waals surface area contributed by atoms with Gasteiger partial charge in [0.2, 0.25) is 10.0 Å². The number of nitrogens with zero attached hydrogens (tertiary/aromatic N) is 2. The van der Waals surface area contributed by atoms with Gasteiger partial charge in [-0.05, 0) is 55.7 Å². The number of benzene rings is 2. The van der Waals surface area contributed by atoms with Crippen molar-refractivity contribution >= 4 is 27.2 Å². The van der Waals surface area contributed by atoms with Crippen LogP contribution in [0.25, 0.3) is 0 Å². The van der Waals surface area contributed by atoms with E-state index < -0.39 is 14.9 Å². The van der Waals surface area contributed by atoms with Gasteiger partial charge in [-0.2, -0.15) is 4.31 Å². The molecule has 1 fully saturated rings. The minimum atomic E-state index is -3.54. The number of anilines is 1. The van der Waals surface area contributed by atoms with E-state index in [2.05, 4.69) is 5.32 Å². The molecule has 8 nitrogen and oxygen atoms in total. The quantitative estimate of drug-likeness (QED) is 0.386. The van der Waals surface area contributed by atoms with Crippen LogP contribution in [0, 0.1) is 10.1 Å². The van der Waals surface area contributed by atoms with Crippen molar-refractivity contribution in [2.45, 2.75) is 43.5 Å². The van der Waals surface area contributed by atoms with Crippen molar-refractivity contribution in [3.8, 4) is 0 Å². The zero-order chi connectivity index (χ0) is 21.7. The van der Waals surface area contributed by atoms with Crippen molar-refractivity contribution in [3.05, 3.63) is 64.2 Å². The van der Waals surface area contributed by atoms with Crippen LogP contribution in [0.15, 0.2) is 53.4 Å². The summed E-state index contributed by atoms with van der Waals surface area (Å²) in [5, 5.41) is 13.7. The van der Waals surface area contributed by atoms with Crippen molar-refractivity contribution in [2.75, 3.05) is 18.4 Å². The maximum absolute atomic E-state index is 13.0. The summed E-state index contributed by atoms with van der Waals surface area (Å²) in [7, 11) is -3.54. The van der Waals surface area contributed by atoms with Crippen LogP contribution in [0.1, 0.15) is 43.0 Å². The molecule has 1 aliphatic rings. The molecule has 1 atom stereocenters. The third-order valence-electron chi connectivity index (χ3n) is 5.36. The number of rotatable bonds is 8. The van der Waals surface area contributed by atoms with E-state index >= 15 is 0 Å². The van der Waals surface area contributed by atoms with Crippen molar-refractivity contribution in [3.63, 3.8) is 0 Å². The van der Waals surface area contributed by atoms with Crippen LogP contribution >= 0.6 is 0 Å². The van der Waals surface area contributed by atoms with Gasteiger partial charge in [-0.3, -0.25) is 14.9 Å². The SMILES string of the molecule is CCC1CCCCN1S(=O)(=O)c1ccc(NCC(=O)c2ccc([N+](=O)[O-])cc2)cc1. The molecule has 30 heavy (non-hydrogen) atoms. The maximum atomic E-state index is 13.0. The molecule has 3 rings (SSSR count). The molecule has 0 spiro atoms.